The molecule has 2 rings (SSSR count). The number of nitrogens with zero attached hydrogens (tertiary/aromatic N) is 2. The fourth-order valence-electron chi connectivity index (χ4n) is 2.54. The molecular weight excluding hydrogens is 284 g/mol. The summed E-state index contributed by atoms with van der Waals surface area (Å²) in [6, 6.07) is 5.42. The van der Waals surface area contributed by atoms with Crippen LogP contribution >= 0.6 is 0 Å². The summed E-state index contributed by atoms with van der Waals surface area (Å²) in [5, 5.41) is 9.00. The highest BCUT2D eigenvalue weighted by Crippen LogP contribution is 2.25. The number of carbonyl (C=O) groups is 2. The van der Waals surface area contributed by atoms with Gasteiger partial charge in [0.05, 0.1) is 12.7 Å². The molecule has 6 nitrogen and oxygen atoms in total. The lowest BCUT2D eigenvalue weighted by atomic mass is 10.1. The van der Waals surface area contributed by atoms with Crippen molar-refractivity contribution in [3.63, 3.8) is 0 Å². The first-order chi connectivity index (χ1) is 10.6. The van der Waals surface area contributed by atoms with E-state index in [1.165, 1.54) is 12.0 Å². The van der Waals surface area contributed by atoms with Crippen molar-refractivity contribution < 1.29 is 19.4 Å². The van der Waals surface area contributed by atoms with E-state index in [0.717, 1.165) is 11.3 Å². The van der Waals surface area contributed by atoms with Crippen molar-refractivity contribution in [2.75, 3.05) is 38.2 Å². The number of hydrogen-bond donors (Lipinski definition) is 1. The van der Waals surface area contributed by atoms with Crippen LogP contribution in [0.3, 0.4) is 0 Å². The van der Waals surface area contributed by atoms with Crippen LogP contribution in [-0.2, 0) is 4.74 Å². The fourth-order valence-corrected chi connectivity index (χ4v) is 2.54. The van der Waals surface area contributed by atoms with Gasteiger partial charge in [-0.05, 0) is 30.7 Å². The molecule has 1 amide bonds. The summed E-state index contributed by atoms with van der Waals surface area (Å²) in [4.78, 5) is 26.2. The van der Waals surface area contributed by atoms with Crippen molar-refractivity contribution in [1.29, 1.82) is 0 Å². The summed E-state index contributed by atoms with van der Waals surface area (Å²) in [7, 11) is 1.36. The van der Waals surface area contributed by atoms with E-state index in [-0.39, 0.29) is 5.97 Å². The lowest BCUT2D eigenvalue weighted by Crippen LogP contribution is -2.48. The molecule has 1 heterocycles. The molecule has 0 spiro atoms. The van der Waals surface area contributed by atoms with Gasteiger partial charge in [-0.3, -0.25) is 0 Å². The number of esters is 1. The van der Waals surface area contributed by atoms with Crippen LogP contribution in [0.25, 0.3) is 6.08 Å². The first kappa shape index (κ1) is 15.9. The molecule has 1 aliphatic heterocycles. The second-order valence-electron chi connectivity index (χ2n) is 5.02. The number of ether oxygens (including phenoxy) is 1. The van der Waals surface area contributed by atoms with Crippen LogP contribution in [0.2, 0.25) is 0 Å². The van der Waals surface area contributed by atoms with Crippen molar-refractivity contribution in [3.05, 3.63) is 35.4 Å². The van der Waals surface area contributed by atoms with Gasteiger partial charge in [-0.15, -0.1) is 0 Å². The summed E-state index contributed by atoms with van der Waals surface area (Å²) < 4.78 is 4.75. The third-order valence-electron chi connectivity index (χ3n) is 3.69. The van der Waals surface area contributed by atoms with Gasteiger partial charge in [0.2, 0.25) is 0 Å². The molecule has 6 heteroatoms. The molecule has 0 unspecified atom stereocenters. The molecular formula is C16H20N2O4. The fraction of sp³-hybridized carbons (Fsp3) is 0.375. The number of carbonyl (C=O) groups excluding carboxylic acids is 1. The number of amides is 1. The van der Waals surface area contributed by atoms with Gasteiger partial charge in [0.25, 0.3) is 0 Å². The molecule has 1 fully saturated rings. The second kappa shape index (κ2) is 6.98. The Balaban J connectivity index is 2.24. The average molecular weight is 304 g/mol. The Hall–Kier alpha value is -2.50. The summed E-state index contributed by atoms with van der Waals surface area (Å²) in [6.45, 7) is 4.13. The van der Waals surface area contributed by atoms with Crippen LogP contribution in [0.1, 0.15) is 22.8 Å². The highest BCUT2D eigenvalue weighted by Gasteiger charge is 2.22. The maximum absolute atomic E-state index is 11.6. The van der Waals surface area contributed by atoms with Gasteiger partial charge >= 0.3 is 12.1 Å². The number of methoxy groups -OCH3 is 1. The van der Waals surface area contributed by atoms with E-state index in [1.807, 2.05) is 25.1 Å². The van der Waals surface area contributed by atoms with Gasteiger partial charge in [-0.25, -0.2) is 9.59 Å². The van der Waals surface area contributed by atoms with E-state index in [1.54, 1.807) is 12.1 Å². The van der Waals surface area contributed by atoms with Gasteiger partial charge in [-0.1, -0.05) is 12.2 Å². The molecule has 0 aromatic heterocycles. The number of piperazine rings is 1. The van der Waals surface area contributed by atoms with Gasteiger partial charge in [-0.2, -0.15) is 0 Å². The topological polar surface area (TPSA) is 70.1 Å². The number of rotatable bonds is 3. The highest BCUT2D eigenvalue weighted by atomic mass is 16.5. The first-order valence-corrected chi connectivity index (χ1v) is 7.14. The minimum atomic E-state index is -0.880. The van der Waals surface area contributed by atoms with E-state index in [0.29, 0.717) is 31.7 Å². The Kier molecular flexibility index (Phi) is 5.04. The highest BCUT2D eigenvalue weighted by molar-refractivity contribution is 5.91. The predicted octanol–water partition coefficient (Wildman–Crippen LogP) is 2.31. The Morgan fingerprint density at radius 1 is 1.23 bits per heavy atom. The maximum Gasteiger partial charge on any atom is 0.407 e. The lowest BCUT2D eigenvalue weighted by Gasteiger charge is -2.35. The summed E-state index contributed by atoms with van der Waals surface area (Å²) in [6.07, 6.45) is 2.97. The monoisotopic (exact) mass is 304 g/mol. The van der Waals surface area contributed by atoms with Crippen LogP contribution in [0.4, 0.5) is 10.5 Å². The minimum Gasteiger partial charge on any atom is -0.465 e. The van der Waals surface area contributed by atoms with Gasteiger partial charge in [0.1, 0.15) is 0 Å². The number of carboxylic acid groups (broad SMARTS) is 1. The Labute approximate surface area is 129 Å². The van der Waals surface area contributed by atoms with Gasteiger partial charge in [0, 0.05) is 31.9 Å². The van der Waals surface area contributed by atoms with Gasteiger partial charge < -0.3 is 19.6 Å². The third-order valence-corrected chi connectivity index (χ3v) is 3.69. The minimum absolute atomic E-state index is 0.368. The molecule has 0 aliphatic carbocycles. The average Bonchev–Trinajstić information content (AvgIpc) is 2.54. The van der Waals surface area contributed by atoms with Crippen molar-refractivity contribution in [2.24, 2.45) is 0 Å². The Morgan fingerprint density at radius 2 is 1.91 bits per heavy atom. The van der Waals surface area contributed by atoms with Crippen molar-refractivity contribution in [3.8, 4) is 0 Å². The van der Waals surface area contributed by atoms with Gasteiger partial charge in [0.15, 0.2) is 0 Å². The molecule has 1 aromatic rings. The second-order valence-corrected chi connectivity index (χ2v) is 5.02. The Bertz CT molecular complexity index is 590. The zero-order valence-corrected chi connectivity index (χ0v) is 12.8. The summed E-state index contributed by atoms with van der Waals surface area (Å²) in [5.74, 6) is -0.368. The smallest absolute Gasteiger partial charge is 0.407 e. The van der Waals surface area contributed by atoms with E-state index in [2.05, 4.69) is 4.90 Å². The van der Waals surface area contributed by atoms with Crippen molar-refractivity contribution >= 4 is 23.8 Å². The summed E-state index contributed by atoms with van der Waals surface area (Å²) in [5.41, 5.74) is 2.42. The quantitative estimate of drug-likeness (QED) is 0.868. The summed E-state index contributed by atoms with van der Waals surface area (Å²) >= 11 is 0. The van der Waals surface area contributed by atoms with Crippen molar-refractivity contribution in [2.45, 2.75) is 6.92 Å². The SMILES string of the molecule is C/C=C\c1cc(C(=O)OC)ccc1N1CCN(C(=O)O)CC1. The largest absolute Gasteiger partial charge is 0.465 e. The predicted molar refractivity (Wildman–Crippen MR) is 84.3 cm³/mol. The standard InChI is InChI=1S/C16H20N2O4/c1-3-4-12-11-13(15(19)22-2)5-6-14(12)17-7-9-18(10-8-17)16(20)21/h3-6,11H,7-10H2,1-2H3,(H,20,21)/b4-3-. The van der Waals surface area contributed by atoms with E-state index in [4.69, 9.17) is 9.84 Å². The molecule has 0 bridgehead atoms. The first-order valence-electron chi connectivity index (χ1n) is 7.14. The van der Waals surface area contributed by atoms with E-state index < -0.39 is 6.09 Å². The van der Waals surface area contributed by atoms with Crippen LogP contribution < -0.4 is 4.90 Å². The normalized spacial score (nSPS) is 15.2. The molecule has 1 saturated heterocycles. The Morgan fingerprint density at radius 3 is 2.45 bits per heavy atom. The number of hydrogen-bond acceptors (Lipinski definition) is 4. The van der Waals surface area contributed by atoms with Crippen LogP contribution in [-0.4, -0.2) is 55.4 Å². The maximum atomic E-state index is 11.6. The molecule has 1 N–H and O–H groups in total. The van der Waals surface area contributed by atoms with E-state index >= 15 is 0 Å². The molecule has 0 saturated carbocycles. The zero-order valence-electron chi connectivity index (χ0n) is 12.8. The zero-order chi connectivity index (χ0) is 16.1. The van der Waals surface area contributed by atoms with E-state index in [9.17, 15) is 9.59 Å². The van der Waals surface area contributed by atoms with Crippen LogP contribution in [0.15, 0.2) is 24.3 Å². The number of anilines is 1. The van der Waals surface area contributed by atoms with Crippen LogP contribution in [0.5, 0.6) is 0 Å². The van der Waals surface area contributed by atoms with Crippen molar-refractivity contribution in [1.82, 2.24) is 4.90 Å². The lowest BCUT2D eigenvalue weighted by molar-refractivity contribution is 0.0600. The molecule has 22 heavy (non-hydrogen) atoms. The van der Waals surface area contributed by atoms with Crippen LogP contribution in [0, 0.1) is 0 Å². The molecule has 118 valence electrons. The number of benzene rings is 1. The molecule has 0 atom stereocenters. The molecule has 1 aromatic carbocycles. The number of allylic oxidation sites excluding steroid dienone is 1. The molecule has 0 radical (unpaired) electrons. The molecule has 1 aliphatic rings. The third kappa shape index (κ3) is 3.39.